The average Bonchev–Trinajstić information content (AvgIpc) is 2.64. The number of hydrogen-bond acceptors (Lipinski definition) is 6. The van der Waals surface area contributed by atoms with Gasteiger partial charge in [-0.1, -0.05) is 6.07 Å². The number of hydrogen-bond donors (Lipinski definition) is 2. The van der Waals surface area contributed by atoms with Crippen LogP contribution in [-0.2, 0) is 14.8 Å². The van der Waals surface area contributed by atoms with Crippen molar-refractivity contribution in [3.63, 3.8) is 0 Å². The van der Waals surface area contributed by atoms with Gasteiger partial charge >= 0.3 is 0 Å². The molecule has 1 aromatic carbocycles. The fraction of sp³-hybridized carbons (Fsp3) is 0.588. The third-order valence-corrected chi connectivity index (χ3v) is 5.86. The first-order valence-electron chi connectivity index (χ1n) is 8.39. The van der Waals surface area contributed by atoms with Crippen molar-refractivity contribution in [1.82, 2.24) is 9.62 Å². The van der Waals surface area contributed by atoms with Crippen LogP contribution < -0.4 is 14.8 Å². The first-order valence-corrected chi connectivity index (χ1v) is 10.2. The number of amides is 1. The number of nitrogens with one attached hydrogen (secondary N) is 1. The summed E-state index contributed by atoms with van der Waals surface area (Å²) in [6, 6.07) is 5.07. The Balaban J connectivity index is 1.87. The molecule has 1 unspecified atom stereocenters. The molecule has 1 saturated heterocycles. The fourth-order valence-corrected chi connectivity index (χ4v) is 3.84. The molecule has 1 amide bonds. The lowest BCUT2D eigenvalue weighted by molar-refractivity contribution is -0.126. The van der Waals surface area contributed by atoms with E-state index in [9.17, 15) is 18.3 Å². The van der Waals surface area contributed by atoms with Crippen LogP contribution in [0.1, 0.15) is 24.5 Å². The maximum atomic E-state index is 12.3. The quantitative estimate of drug-likeness (QED) is 0.708. The van der Waals surface area contributed by atoms with Crippen molar-refractivity contribution in [2.24, 2.45) is 5.92 Å². The fourth-order valence-electron chi connectivity index (χ4n) is 2.97. The molecule has 0 saturated carbocycles. The van der Waals surface area contributed by atoms with Crippen LogP contribution in [0.25, 0.3) is 0 Å². The summed E-state index contributed by atoms with van der Waals surface area (Å²) in [7, 11) is -0.166. The number of ether oxygens (including phenoxy) is 2. The molecule has 0 radical (unpaired) electrons. The van der Waals surface area contributed by atoms with E-state index in [1.54, 1.807) is 18.2 Å². The summed E-state index contributed by atoms with van der Waals surface area (Å²) in [6.45, 7) is 0.755. The van der Waals surface area contributed by atoms with Gasteiger partial charge in [-0.3, -0.25) is 4.79 Å². The minimum atomic E-state index is -3.21. The van der Waals surface area contributed by atoms with Crippen LogP contribution in [0.2, 0.25) is 0 Å². The topological polar surface area (TPSA) is 105 Å². The predicted molar refractivity (Wildman–Crippen MR) is 96.7 cm³/mol. The molecule has 0 aromatic heterocycles. The lowest BCUT2D eigenvalue weighted by atomic mass is 9.97. The highest BCUT2D eigenvalue weighted by Crippen LogP contribution is 2.29. The molecule has 0 spiro atoms. The smallest absolute Gasteiger partial charge is 0.223 e. The van der Waals surface area contributed by atoms with Crippen molar-refractivity contribution in [3.05, 3.63) is 23.8 Å². The maximum absolute atomic E-state index is 12.3. The van der Waals surface area contributed by atoms with Crippen molar-refractivity contribution in [3.8, 4) is 11.5 Å². The third kappa shape index (κ3) is 5.09. The van der Waals surface area contributed by atoms with E-state index in [1.165, 1.54) is 24.8 Å². The van der Waals surface area contributed by atoms with E-state index in [0.29, 0.717) is 43.0 Å². The Bertz CT molecular complexity index is 729. The largest absolute Gasteiger partial charge is 0.493 e. The molecule has 9 heteroatoms. The molecule has 1 atom stereocenters. The zero-order valence-electron chi connectivity index (χ0n) is 15.3. The molecular formula is C17H26N2O6S. The Morgan fingerprint density at radius 2 is 1.88 bits per heavy atom. The normalized spacial score (nSPS) is 17.5. The lowest BCUT2D eigenvalue weighted by Gasteiger charge is -2.29. The second-order valence-corrected chi connectivity index (χ2v) is 8.29. The van der Waals surface area contributed by atoms with Crippen molar-refractivity contribution >= 4 is 15.9 Å². The molecule has 0 aliphatic carbocycles. The van der Waals surface area contributed by atoms with Crippen molar-refractivity contribution < 1.29 is 27.8 Å². The molecule has 26 heavy (non-hydrogen) atoms. The molecule has 146 valence electrons. The van der Waals surface area contributed by atoms with Gasteiger partial charge < -0.3 is 19.9 Å². The van der Waals surface area contributed by atoms with Crippen LogP contribution in [0.3, 0.4) is 0 Å². The molecule has 1 aromatic rings. The van der Waals surface area contributed by atoms with E-state index in [1.807, 2.05) is 0 Å². The number of carbonyl (C=O) groups excluding carboxylic acids is 1. The van der Waals surface area contributed by atoms with Gasteiger partial charge in [-0.15, -0.1) is 0 Å². The van der Waals surface area contributed by atoms with Gasteiger partial charge in [0, 0.05) is 25.6 Å². The van der Waals surface area contributed by atoms with E-state index < -0.39 is 16.1 Å². The van der Waals surface area contributed by atoms with Gasteiger partial charge in [0.1, 0.15) is 0 Å². The minimum absolute atomic E-state index is 0.0700. The van der Waals surface area contributed by atoms with E-state index in [2.05, 4.69) is 5.32 Å². The first-order chi connectivity index (χ1) is 12.3. The number of aliphatic hydroxyl groups excluding tert-OH is 1. The molecule has 2 N–H and O–H groups in total. The average molecular weight is 386 g/mol. The van der Waals surface area contributed by atoms with E-state index >= 15 is 0 Å². The van der Waals surface area contributed by atoms with Crippen LogP contribution in [0, 0.1) is 5.92 Å². The molecular weight excluding hydrogens is 360 g/mol. The molecule has 2 rings (SSSR count). The molecule has 8 nitrogen and oxygen atoms in total. The first kappa shape index (κ1) is 20.5. The zero-order chi connectivity index (χ0) is 19.3. The predicted octanol–water partition coefficient (Wildman–Crippen LogP) is 0.525. The summed E-state index contributed by atoms with van der Waals surface area (Å²) in [5, 5.41) is 13.0. The van der Waals surface area contributed by atoms with Crippen LogP contribution in [0.5, 0.6) is 11.5 Å². The summed E-state index contributed by atoms with van der Waals surface area (Å²) < 4.78 is 34.8. The van der Waals surface area contributed by atoms with Gasteiger partial charge in [-0.25, -0.2) is 12.7 Å². The Morgan fingerprint density at radius 1 is 1.27 bits per heavy atom. The van der Waals surface area contributed by atoms with Crippen LogP contribution in [0.15, 0.2) is 18.2 Å². The Kier molecular flexibility index (Phi) is 6.85. The number of aliphatic hydroxyl groups is 1. The van der Waals surface area contributed by atoms with Crippen molar-refractivity contribution in [1.29, 1.82) is 0 Å². The van der Waals surface area contributed by atoms with Crippen LogP contribution in [-0.4, -0.2) is 63.8 Å². The Morgan fingerprint density at radius 3 is 2.42 bits per heavy atom. The van der Waals surface area contributed by atoms with Crippen LogP contribution >= 0.6 is 0 Å². The Labute approximate surface area is 154 Å². The SMILES string of the molecule is COc1ccc(C(O)CNC(=O)C2CCN(S(C)(=O)=O)CC2)cc1OC. The molecule has 1 fully saturated rings. The van der Waals surface area contributed by atoms with Crippen LogP contribution in [0.4, 0.5) is 0 Å². The van der Waals surface area contributed by atoms with Gasteiger partial charge in [0.05, 0.1) is 26.6 Å². The second kappa shape index (κ2) is 8.70. The summed E-state index contributed by atoms with van der Waals surface area (Å²) >= 11 is 0. The Hall–Kier alpha value is -1.84. The summed E-state index contributed by atoms with van der Waals surface area (Å²) in [4.78, 5) is 12.3. The minimum Gasteiger partial charge on any atom is -0.493 e. The maximum Gasteiger partial charge on any atom is 0.223 e. The zero-order valence-corrected chi connectivity index (χ0v) is 16.1. The number of sulfonamides is 1. The monoisotopic (exact) mass is 386 g/mol. The standard InChI is InChI=1S/C17H26N2O6S/c1-24-15-5-4-13(10-16(15)25-2)14(20)11-18-17(21)12-6-8-19(9-7-12)26(3,22)23/h4-5,10,12,14,20H,6-9,11H2,1-3H3,(H,18,21). The summed E-state index contributed by atoms with van der Waals surface area (Å²) in [5.74, 6) is 0.650. The highest BCUT2D eigenvalue weighted by molar-refractivity contribution is 7.88. The summed E-state index contributed by atoms with van der Waals surface area (Å²) in [6.07, 6.45) is 1.25. The van der Waals surface area contributed by atoms with Crippen molar-refractivity contribution in [2.45, 2.75) is 18.9 Å². The second-order valence-electron chi connectivity index (χ2n) is 6.31. The lowest BCUT2D eigenvalue weighted by Crippen LogP contribution is -2.43. The van der Waals surface area contributed by atoms with Gasteiger partial charge in [-0.05, 0) is 30.5 Å². The summed E-state index contributed by atoms with van der Waals surface area (Å²) in [5.41, 5.74) is 0.606. The van der Waals surface area contributed by atoms with E-state index in [0.717, 1.165) is 0 Å². The van der Waals surface area contributed by atoms with E-state index in [4.69, 9.17) is 9.47 Å². The number of carbonyl (C=O) groups is 1. The molecule has 1 aliphatic rings. The van der Waals surface area contributed by atoms with Gasteiger partial charge in [-0.2, -0.15) is 0 Å². The van der Waals surface area contributed by atoms with Gasteiger partial charge in [0.2, 0.25) is 15.9 Å². The van der Waals surface area contributed by atoms with E-state index in [-0.39, 0.29) is 18.4 Å². The molecule has 1 heterocycles. The number of nitrogens with zero attached hydrogens (tertiary/aromatic N) is 1. The third-order valence-electron chi connectivity index (χ3n) is 4.56. The van der Waals surface area contributed by atoms with Crippen molar-refractivity contribution in [2.75, 3.05) is 40.1 Å². The number of methoxy groups -OCH3 is 2. The van der Waals surface area contributed by atoms with Gasteiger partial charge in [0.15, 0.2) is 11.5 Å². The highest BCUT2D eigenvalue weighted by atomic mass is 32.2. The number of rotatable bonds is 7. The van der Waals surface area contributed by atoms with Gasteiger partial charge in [0.25, 0.3) is 0 Å². The molecule has 0 bridgehead atoms. The highest BCUT2D eigenvalue weighted by Gasteiger charge is 2.29. The number of benzene rings is 1. The number of piperidine rings is 1. The molecule has 1 aliphatic heterocycles.